The molecule has 0 saturated carbocycles. The van der Waals surface area contributed by atoms with Crippen LogP contribution in [0.1, 0.15) is 32.8 Å². The van der Waals surface area contributed by atoms with E-state index in [1.807, 2.05) is 24.3 Å². The molecule has 2 aliphatic rings. The molecule has 0 unspecified atom stereocenters. The van der Waals surface area contributed by atoms with Crippen LogP contribution in [0.2, 0.25) is 10.0 Å². The number of carbonyl (C=O) groups is 2. The topological polar surface area (TPSA) is 128 Å². The van der Waals surface area contributed by atoms with Gasteiger partial charge in [-0.2, -0.15) is 4.31 Å². The number of hydrogen-bond donors (Lipinski definition) is 0. The van der Waals surface area contributed by atoms with Gasteiger partial charge in [0.2, 0.25) is 5.95 Å². The molecule has 11 nitrogen and oxygen atoms in total. The zero-order valence-corrected chi connectivity index (χ0v) is 26.3. The Kier molecular flexibility index (Phi) is 7.73. The molecule has 1 fully saturated rings. The van der Waals surface area contributed by atoms with Crippen molar-refractivity contribution in [1.82, 2.24) is 23.8 Å². The molecule has 44 heavy (non-hydrogen) atoms. The molecule has 2 aromatic heterocycles. The number of fused-ring (bicyclic) bond motifs is 1. The monoisotopic (exact) mass is 654 g/mol. The van der Waals surface area contributed by atoms with Crippen LogP contribution in [0.25, 0.3) is 11.1 Å². The smallest absolute Gasteiger partial charge is 0.324 e. The van der Waals surface area contributed by atoms with Crippen LogP contribution in [0.15, 0.2) is 72.4 Å². The summed E-state index contributed by atoms with van der Waals surface area (Å²) in [5.74, 6) is -0.946. The van der Waals surface area contributed by atoms with Crippen molar-refractivity contribution >= 4 is 56.7 Å². The molecule has 0 aliphatic carbocycles. The maximum absolute atomic E-state index is 14.4. The molecule has 1 amide bonds. The van der Waals surface area contributed by atoms with E-state index in [2.05, 4.69) is 15.0 Å². The van der Waals surface area contributed by atoms with E-state index in [0.29, 0.717) is 22.2 Å². The molecule has 6 rings (SSSR count). The Hall–Kier alpha value is -3.84. The average Bonchev–Trinajstić information content (AvgIpc) is 3.46. The average molecular weight is 656 g/mol. The lowest BCUT2D eigenvalue weighted by Crippen LogP contribution is -2.56. The van der Waals surface area contributed by atoms with Crippen molar-refractivity contribution in [2.75, 3.05) is 11.4 Å². The zero-order valence-electron chi connectivity index (χ0n) is 24.0. The number of imidazole rings is 1. The normalized spacial score (nSPS) is 20.1. The lowest BCUT2D eigenvalue weighted by molar-refractivity contribution is -0.155. The number of rotatable bonds is 8. The summed E-state index contributed by atoms with van der Waals surface area (Å²) in [7, 11) is -4.28. The Labute approximate surface area is 264 Å². The number of amides is 1. The first-order chi connectivity index (χ1) is 20.9. The fraction of sp³-hybridized carbons (Fsp3) is 0.300. The molecular weight excluding hydrogens is 627 g/mol. The lowest BCUT2D eigenvalue weighted by Gasteiger charge is -2.38. The minimum Gasteiger partial charge on any atom is -0.462 e. The summed E-state index contributed by atoms with van der Waals surface area (Å²) < 4.78 is 36.1. The van der Waals surface area contributed by atoms with Gasteiger partial charge in [-0.1, -0.05) is 47.5 Å². The molecule has 2 atom stereocenters. The Morgan fingerprint density at radius 1 is 1.05 bits per heavy atom. The quantitative estimate of drug-likeness (QED) is 0.243. The van der Waals surface area contributed by atoms with Gasteiger partial charge < -0.3 is 4.74 Å². The van der Waals surface area contributed by atoms with Gasteiger partial charge in [-0.05, 0) is 56.5 Å². The van der Waals surface area contributed by atoms with Crippen LogP contribution in [0, 0.1) is 0 Å². The first-order valence-corrected chi connectivity index (χ1v) is 16.1. The molecule has 4 aromatic rings. The minimum absolute atomic E-state index is 0.0919. The maximum atomic E-state index is 14.4. The number of anilines is 2. The highest BCUT2D eigenvalue weighted by Gasteiger charge is 2.54. The molecule has 4 heterocycles. The first kappa shape index (κ1) is 30.2. The highest BCUT2D eigenvalue weighted by molar-refractivity contribution is 7.89. The van der Waals surface area contributed by atoms with Crippen LogP contribution < -0.4 is 4.90 Å². The van der Waals surface area contributed by atoms with E-state index in [0.717, 1.165) is 21.0 Å². The number of esters is 1. The van der Waals surface area contributed by atoms with Crippen LogP contribution in [-0.2, 0) is 36.3 Å². The van der Waals surface area contributed by atoms with Gasteiger partial charge in [0.05, 0.1) is 18.0 Å². The van der Waals surface area contributed by atoms with Crippen molar-refractivity contribution < 1.29 is 22.7 Å². The van der Waals surface area contributed by atoms with Crippen LogP contribution in [0.5, 0.6) is 0 Å². The Bertz CT molecular complexity index is 1850. The lowest BCUT2D eigenvalue weighted by atomic mass is 9.91. The summed E-state index contributed by atoms with van der Waals surface area (Å²) in [5, 5.41) is 0.388. The number of sulfonamides is 1. The standard InChI is InChI=1S/C30H28Cl2N6O5S/c1-18(2)43-27(39)25-8-9-36(25)44(41,42)26-16-35-29-37(24-11-22(31)10-23(32)12-24)28(40)30(3,38(26)29)13-19-4-6-20(7-5-19)21-14-33-17-34-15-21/h4-7,10-12,14-18,25H,8-9,13H2,1-3H3/t25-,30-/m1/s1. The van der Waals surface area contributed by atoms with E-state index in [4.69, 9.17) is 27.9 Å². The molecule has 2 aromatic carbocycles. The van der Waals surface area contributed by atoms with Crippen molar-refractivity contribution in [1.29, 1.82) is 0 Å². The summed E-state index contributed by atoms with van der Waals surface area (Å²) in [6, 6.07) is 11.2. The van der Waals surface area contributed by atoms with E-state index >= 15 is 0 Å². The largest absolute Gasteiger partial charge is 0.462 e. The van der Waals surface area contributed by atoms with E-state index in [-0.39, 0.29) is 23.9 Å². The number of nitrogens with zero attached hydrogens (tertiary/aromatic N) is 6. The number of halogens is 2. The number of hydrogen-bond acceptors (Lipinski definition) is 8. The van der Waals surface area contributed by atoms with Gasteiger partial charge in [0.25, 0.3) is 15.9 Å². The molecule has 0 N–H and O–H groups in total. The predicted molar refractivity (Wildman–Crippen MR) is 164 cm³/mol. The van der Waals surface area contributed by atoms with Gasteiger partial charge in [-0.15, -0.1) is 0 Å². The van der Waals surface area contributed by atoms with Gasteiger partial charge in [-0.3, -0.25) is 14.2 Å². The van der Waals surface area contributed by atoms with Crippen LogP contribution >= 0.6 is 23.2 Å². The summed E-state index contributed by atoms with van der Waals surface area (Å²) in [4.78, 5) is 41.0. The Morgan fingerprint density at radius 3 is 2.30 bits per heavy atom. The molecule has 228 valence electrons. The second-order valence-corrected chi connectivity index (χ2v) is 13.9. The molecular formula is C30H28Cl2N6O5S. The predicted octanol–water partition coefficient (Wildman–Crippen LogP) is 5.00. The van der Waals surface area contributed by atoms with E-state index in [1.165, 1.54) is 28.1 Å². The van der Waals surface area contributed by atoms with Gasteiger partial charge in [0.1, 0.15) is 17.9 Å². The minimum atomic E-state index is -4.28. The van der Waals surface area contributed by atoms with Crippen LogP contribution in [0.4, 0.5) is 11.6 Å². The summed E-state index contributed by atoms with van der Waals surface area (Å²) in [6.45, 7) is 5.20. The number of carbonyl (C=O) groups excluding carboxylic acids is 2. The third-order valence-corrected chi connectivity index (χ3v) is 10.0. The number of benzene rings is 2. The second-order valence-electron chi connectivity index (χ2n) is 11.2. The van der Waals surface area contributed by atoms with Crippen molar-refractivity contribution in [2.24, 2.45) is 0 Å². The summed E-state index contributed by atoms with van der Waals surface area (Å²) in [6.07, 6.45) is 6.13. The highest BCUT2D eigenvalue weighted by Crippen LogP contribution is 2.45. The third-order valence-electron chi connectivity index (χ3n) is 7.74. The van der Waals surface area contributed by atoms with E-state index in [9.17, 15) is 18.0 Å². The number of aromatic nitrogens is 4. The third kappa shape index (κ3) is 5.15. The summed E-state index contributed by atoms with van der Waals surface area (Å²) >= 11 is 12.6. The molecule has 0 spiro atoms. The van der Waals surface area contributed by atoms with Crippen LogP contribution in [0.3, 0.4) is 0 Å². The highest BCUT2D eigenvalue weighted by atomic mass is 35.5. The maximum Gasteiger partial charge on any atom is 0.324 e. The van der Waals surface area contributed by atoms with E-state index < -0.39 is 39.6 Å². The first-order valence-electron chi connectivity index (χ1n) is 13.9. The van der Waals surface area contributed by atoms with Crippen molar-refractivity contribution in [2.45, 2.75) is 56.3 Å². The fourth-order valence-electron chi connectivity index (χ4n) is 5.59. The molecule has 0 radical (unpaired) electrons. The SMILES string of the molecule is CC(C)OC(=O)[C@H]1CCN1S(=O)(=O)c1cnc2n1[C@](C)(Cc1ccc(-c3cncnc3)cc1)C(=O)N2c1cc(Cl)cc(Cl)c1. The molecule has 14 heteroatoms. The summed E-state index contributed by atoms with van der Waals surface area (Å²) in [5.41, 5.74) is 1.40. The van der Waals surface area contributed by atoms with Crippen molar-refractivity contribution in [3.63, 3.8) is 0 Å². The van der Waals surface area contributed by atoms with Crippen molar-refractivity contribution in [3.05, 3.63) is 83.0 Å². The molecule has 1 saturated heterocycles. The fourth-order valence-corrected chi connectivity index (χ4v) is 7.92. The molecule has 0 bridgehead atoms. The van der Waals surface area contributed by atoms with Gasteiger partial charge >= 0.3 is 5.97 Å². The second kappa shape index (κ2) is 11.3. The Morgan fingerprint density at radius 2 is 1.70 bits per heavy atom. The van der Waals surface area contributed by atoms with Gasteiger partial charge in [0.15, 0.2) is 5.03 Å². The van der Waals surface area contributed by atoms with E-state index in [1.54, 1.807) is 45.3 Å². The Balaban J connectivity index is 1.43. The van der Waals surface area contributed by atoms with Gasteiger partial charge in [0, 0.05) is 41.0 Å². The number of ether oxygens (including phenoxy) is 1. The zero-order chi connectivity index (χ0) is 31.4. The van der Waals surface area contributed by atoms with Crippen molar-refractivity contribution in [3.8, 4) is 11.1 Å². The van der Waals surface area contributed by atoms with Gasteiger partial charge in [-0.25, -0.2) is 28.3 Å². The molecule has 2 aliphatic heterocycles. The van der Waals surface area contributed by atoms with Crippen LogP contribution in [-0.4, -0.2) is 62.8 Å².